The van der Waals surface area contributed by atoms with Crippen LogP contribution in [-0.2, 0) is 9.53 Å². The van der Waals surface area contributed by atoms with E-state index in [9.17, 15) is 9.59 Å². The van der Waals surface area contributed by atoms with Crippen LogP contribution >= 0.6 is 0 Å². The van der Waals surface area contributed by atoms with E-state index in [0.717, 1.165) is 0 Å². The largest absolute Gasteiger partial charge is 0.444 e. The molecule has 0 aliphatic carbocycles. The van der Waals surface area contributed by atoms with E-state index in [1.807, 2.05) is 20.8 Å². The van der Waals surface area contributed by atoms with Crippen molar-refractivity contribution >= 4 is 12.5 Å². The standard InChI is InChI=1S/C12H22N2O3/c1-9-6-14(7-10(9)5-13-8-15)11(16)17-12(2,3)4/h8-10H,5-7H2,1-4H3,(H,13,15)/t9-,10+/m0/s1. The molecule has 0 bridgehead atoms. The van der Waals surface area contributed by atoms with Crippen LogP contribution in [0.25, 0.3) is 0 Å². The zero-order valence-electron chi connectivity index (χ0n) is 11.0. The summed E-state index contributed by atoms with van der Waals surface area (Å²) in [5.74, 6) is 0.697. The molecule has 17 heavy (non-hydrogen) atoms. The van der Waals surface area contributed by atoms with Gasteiger partial charge in [0.1, 0.15) is 5.60 Å². The summed E-state index contributed by atoms with van der Waals surface area (Å²) in [6, 6.07) is 0. The summed E-state index contributed by atoms with van der Waals surface area (Å²) in [6.07, 6.45) is 0.431. The molecular formula is C12H22N2O3. The van der Waals surface area contributed by atoms with Gasteiger partial charge >= 0.3 is 6.09 Å². The number of ether oxygens (including phenoxy) is 1. The average molecular weight is 242 g/mol. The van der Waals surface area contributed by atoms with Crippen LogP contribution < -0.4 is 5.32 Å². The lowest BCUT2D eigenvalue weighted by atomic mass is 9.98. The molecule has 5 heteroatoms. The summed E-state index contributed by atoms with van der Waals surface area (Å²) >= 11 is 0. The van der Waals surface area contributed by atoms with Crippen molar-refractivity contribution in [1.29, 1.82) is 0 Å². The number of hydrogen-bond donors (Lipinski definition) is 1. The normalized spacial score (nSPS) is 24.6. The number of amides is 2. The number of nitrogens with zero attached hydrogens (tertiary/aromatic N) is 1. The van der Waals surface area contributed by atoms with Gasteiger partial charge in [0.15, 0.2) is 0 Å². The third-order valence-electron chi connectivity index (χ3n) is 2.88. The number of rotatable bonds is 3. The summed E-state index contributed by atoms with van der Waals surface area (Å²) in [5, 5.41) is 2.67. The smallest absolute Gasteiger partial charge is 0.410 e. The number of likely N-dealkylation sites (tertiary alicyclic amines) is 1. The monoisotopic (exact) mass is 242 g/mol. The summed E-state index contributed by atoms with van der Waals surface area (Å²) in [7, 11) is 0. The molecule has 0 aromatic carbocycles. The van der Waals surface area contributed by atoms with Crippen LogP contribution in [0.5, 0.6) is 0 Å². The first-order chi connectivity index (χ1) is 7.83. The lowest BCUT2D eigenvalue weighted by Gasteiger charge is -2.24. The van der Waals surface area contributed by atoms with Crippen molar-refractivity contribution in [2.24, 2.45) is 11.8 Å². The van der Waals surface area contributed by atoms with Gasteiger partial charge in [-0.1, -0.05) is 6.92 Å². The van der Waals surface area contributed by atoms with E-state index in [-0.39, 0.29) is 6.09 Å². The molecule has 1 fully saturated rings. The second-order valence-electron chi connectivity index (χ2n) is 5.65. The van der Waals surface area contributed by atoms with Gasteiger partial charge in [0.2, 0.25) is 6.41 Å². The fraction of sp³-hybridized carbons (Fsp3) is 0.833. The lowest BCUT2D eigenvalue weighted by Crippen LogP contribution is -2.36. The van der Waals surface area contributed by atoms with Gasteiger partial charge in [-0.15, -0.1) is 0 Å². The maximum Gasteiger partial charge on any atom is 0.410 e. The fourth-order valence-corrected chi connectivity index (χ4v) is 1.98. The Morgan fingerprint density at radius 1 is 1.47 bits per heavy atom. The number of carbonyl (C=O) groups excluding carboxylic acids is 2. The van der Waals surface area contributed by atoms with Crippen LogP contribution in [0, 0.1) is 11.8 Å². The molecule has 2 atom stereocenters. The molecule has 0 radical (unpaired) electrons. The van der Waals surface area contributed by atoms with E-state index in [1.165, 1.54) is 0 Å². The first-order valence-electron chi connectivity index (χ1n) is 5.98. The van der Waals surface area contributed by atoms with E-state index in [4.69, 9.17) is 4.74 Å². The molecule has 98 valence electrons. The first-order valence-corrected chi connectivity index (χ1v) is 5.98. The first kappa shape index (κ1) is 13.8. The molecule has 1 N–H and O–H groups in total. The van der Waals surface area contributed by atoms with Gasteiger partial charge in [0.25, 0.3) is 0 Å². The average Bonchev–Trinajstić information content (AvgIpc) is 2.54. The molecule has 1 heterocycles. The summed E-state index contributed by atoms with van der Waals surface area (Å²) in [6.45, 7) is 9.62. The summed E-state index contributed by atoms with van der Waals surface area (Å²) in [4.78, 5) is 23.8. The molecule has 1 rings (SSSR count). The van der Waals surface area contributed by atoms with Gasteiger partial charge in [-0.2, -0.15) is 0 Å². The predicted molar refractivity (Wildman–Crippen MR) is 64.5 cm³/mol. The highest BCUT2D eigenvalue weighted by Crippen LogP contribution is 2.24. The number of nitrogens with one attached hydrogen (secondary N) is 1. The number of carbonyl (C=O) groups is 2. The second-order valence-corrected chi connectivity index (χ2v) is 5.65. The van der Waals surface area contributed by atoms with Crippen molar-refractivity contribution < 1.29 is 14.3 Å². The highest BCUT2D eigenvalue weighted by molar-refractivity contribution is 5.68. The Morgan fingerprint density at radius 3 is 2.65 bits per heavy atom. The molecule has 1 aliphatic rings. The Hall–Kier alpha value is -1.26. The van der Waals surface area contributed by atoms with Crippen LogP contribution in [0.15, 0.2) is 0 Å². The van der Waals surface area contributed by atoms with Crippen LogP contribution in [0.1, 0.15) is 27.7 Å². The second kappa shape index (κ2) is 5.38. The minimum absolute atomic E-state index is 0.266. The van der Waals surface area contributed by atoms with Gasteiger partial charge in [0, 0.05) is 19.6 Å². The zero-order valence-corrected chi connectivity index (χ0v) is 11.0. The van der Waals surface area contributed by atoms with Crippen LogP contribution in [0.3, 0.4) is 0 Å². The highest BCUT2D eigenvalue weighted by Gasteiger charge is 2.34. The number of hydrogen-bond acceptors (Lipinski definition) is 3. The van der Waals surface area contributed by atoms with E-state index < -0.39 is 5.60 Å². The van der Waals surface area contributed by atoms with Crippen molar-refractivity contribution in [3.05, 3.63) is 0 Å². The molecule has 2 amide bonds. The quantitative estimate of drug-likeness (QED) is 0.757. The Labute approximate surface area is 102 Å². The van der Waals surface area contributed by atoms with Crippen LogP contribution in [-0.4, -0.2) is 42.6 Å². The van der Waals surface area contributed by atoms with Crippen LogP contribution in [0.4, 0.5) is 4.79 Å². The molecule has 5 nitrogen and oxygen atoms in total. The fourth-order valence-electron chi connectivity index (χ4n) is 1.98. The summed E-state index contributed by atoms with van der Waals surface area (Å²) in [5.41, 5.74) is -0.459. The van der Waals surface area contributed by atoms with Crippen molar-refractivity contribution in [2.45, 2.75) is 33.3 Å². The van der Waals surface area contributed by atoms with E-state index in [2.05, 4.69) is 12.2 Å². The van der Waals surface area contributed by atoms with Crippen molar-refractivity contribution in [1.82, 2.24) is 10.2 Å². The van der Waals surface area contributed by atoms with Crippen molar-refractivity contribution in [3.63, 3.8) is 0 Å². The van der Waals surface area contributed by atoms with Gasteiger partial charge < -0.3 is 15.0 Å². The van der Waals surface area contributed by atoms with E-state index >= 15 is 0 Å². The van der Waals surface area contributed by atoms with Crippen molar-refractivity contribution in [2.75, 3.05) is 19.6 Å². The molecule has 0 spiro atoms. The topological polar surface area (TPSA) is 58.6 Å². The third-order valence-corrected chi connectivity index (χ3v) is 2.88. The van der Waals surface area contributed by atoms with Gasteiger partial charge in [0.05, 0.1) is 0 Å². The predicted octanol–water partition coefficient (Wildman–Crippen LogP) is 1.24. The molecule has 1 aliphatic heterocycles. The maximum absolute atomic E-state index is 11.8. The highest BCUT2D eigenvalue weighted by atomic mass is 16.6. The van der Waals surface area contributed by atoms with Crippen molar-refractivity contribution in [3.8, 4) is 0 Å². The van der Waals surface area contributed by atoms with Crippen LogP contribution in [0.2, 0.25) is 0 Å². The molecule has 0 aromatic heterocycles. The molecule has 0 saturated carbocycles. The van der Waals surface area contributed by atoms with E-state index in [0.29, 0.717) is 37.9 Å². The lowest BCUT2D eigenvalue weighted by molar-refractivity contribution is -0.109. The van der Waals surface area contributed by atoms with E-state index in [1.54, 1.807) is 4.90 Å². The minimum Gasteiger partial charge on any atom is -0.444 e. The Balaban J connectivity index is 2.47. The molecule has 0 unspecified atom stereocenters. The summed E-state index contributed by atoms with van der Waals surface area (Å²) < 4.78 is 5.32. The van der Waals surface area contributed by atoms with Gasteiger partial charge in [-0.25, -0.2) is 4.79 Å². The Morgan fingerprint density at radius 2 is 2.12 bits per heavy atom. The molecular weight excluding hydrogens is 220 g/mol. The maximum atomic E-state index is 11.8. The molecule has 1 saturated heterocycles. The molecule has 0 aromatic rings. The van der Waals surface area contributed by atoms with Gasteiger partial charge in [-0.3, -0.25) is 4.79 Å². The third kappa shape index (κ3) is 4.24. The van der Waals surface area contributed by atoms with Gasteiger partial charge in [-0.05, 0) is 32.6 Å². The Bertz CT molecular complexity index is 286. The SMILES string of the molecule is C[C@H]1CN(C(=O)OC(C)(C)C)C[C@H]1CNC=O. The zero-order chi connectivity index (χ0) is 13.1. The Kier molecular flexibility index (Phi) is 4.37. The minimum atomic E-state index is -0.459.